The lowest BCUT2D eigenvalue weighted by Crippen LogP contribution is -2.11. The standard InChI is InChI=1S/C12H15NO2/c1-9-3-5-11(14-9)7-13-8-12-6-4-10(2)15-12/h3-6,13H,7-8H2,1-2H3. The molecule has 0 atom stereocenters. The maximum Gasteiger partial charge on any atom is 0.117 e. The molecule has 0 unspecified atom stereocenters. The van der Waals surface area contributed by atoms with Crippen LogP contribution < -0.4 is 5.32 Å². The molecule has 1 N–H and O–H groups in total. The van der Waals surface area contributed by atoms with E-state index in [1.54, 1.807) is 0 Å². The van der Waals surface area contributed by atoms with E-state index in [1.165, 1.54) is 0 Å². The van der Waals surface area contributed by atoms with Gasteiger partial charge in [-0.1, -0.05) is 0 Å². The molecule has 0 saturated heterocycles. The molecule has 2 aromatic heterocycles. The highest BCUT2D eigenvalue weighted by Gasteiger charge is 2.00. The summed E-state index contributed by atoms with van der Waals surface area (Å²) in [5.74, 6) is 3.80. The maximum absolute atomic E-state index is 5.43. The van der Waals surface area contributed by atoms with E-state index in [9.17, 15) is 0 Å². The summed E-state index contributed by atoms with van der Waals surface area (Å²) >= 11 is 0. The van der Waals surface area contributed by atoms with Crippen LogP contribution in [0.3, 0.4) is 0 Å². The van der Waals surface area contributed by atoms with E-state index in [0.29, 0.717) is 0 Å². The third-order valence-corrected chi connectivity index (χ3v) is 2.19. The van der Waals surface area contributed by atoms with Crippen molar-refractivity contribution in [1.82, 2.24) is 5.32 Å². The summed E-state index contributed by atoms with van der Waals surface area (Å²) in [6, 6.07) is 7.90. The lowest BCUT2D eigenvalue weighted by atomic mass is 10.4. The van der Waals surface area contributed by atoms with Gasteiger partial charge >= 0.3 is 0 Å². The maximum atomic E-state index is 5.43. The topological polar surface area (TPSA) is 38.3 Å². The number of furan rings is 2. The van der Waals surface area contributed by atoms with Crippen molar-refractivity contribution in [2.24, 2.45) is 0 Å². The molecular formula is C12H15NO2. The number of hydrogen-bond donors (Lipinski definition) is 1. The monoisotopic (exact) mass is 205 g/mol. The molecule has 2 aromatic rings. The van der Waals surface area contributed by atoms with Crippen molar-refractivity contribution in [2.75, 3.05) is 0 Å². The summed E-state index contributed by atoms with van der Waals surface area (Å²) in [5.41, 5.74) is 0. The molecule has 3 nitrogen and oxygen atoms in total. The van der Waals surface area contributed by atoms with Gasteiger partial charge in [-0.2, -0.15) is 0 Å². The molecule has 3 heteroatoms. The van der Waals surface area contributed by atoms with Crippen LogP contribution in [0.4, 0.5) is 0 Å². The van der Waals surface area contributed by atoms with Gasteiger partial charge in [-0.15, -0.1) is 0 Å². The molecule has 0 amide bonds. The van der Waals surface area contributed by atoms with Crippen molar-refractivity contribution in [2.45, 2.75) is 26.9 Å². The molecule has 0 bridgehead atoms. The first-order valence-electron chi connectivity index (χ1n) is 5.05. The van der Waals surface area contributed by atoms with E-state index < -0.39 is 0 Å². The Labute approximate surface area is 89.1 Å². The normalized spacial score (nSPS) is 10.8. The molecule has 0 aromatic carbocycles. The predicted octanol–water partition coefficient (Wildman–Crippen LogP) is 2.78. The van der Waals surface area contributed by atoms with E-state index in [1.807, 2.05) is 38.1 Å². The molecular weight excluding hydrogens is 190 g/mol. The number of rotatable bonds is 4. The fourth-order valence-corrected chi connectivity index (χ4v) is 1.47. The van der Waals surface area contributed by atoms with Crippen molar-refractivity contribution < 1.29 is 8.83 Å². The molecule has 2 rings (SSSR count). The van der Waals surface area contributed by atoms with Gasteiger partial charge in [0.15, 0.2) is 0 Å². The van der Waals surface area contributed by atoms with Crippen LogP contribution >= 0.6 is 0 Å². The second kappa shape index (κ2) is 4.36. The highest BCUT2D eigenvalue weighted by atomic mass is 16.3. The highest BCUT2D eigenvalue weighted by molar-refractivity contribution is 5.07. The van der Waals surface area contributed by atoms with E-state index in [-0.39, 0.29) is 0 Å². The Morgan fingerprint density at radius 3 is 1.67 bits per heavy atom. The van der Waals surface area contributed by atoms with Crippen LogP contribution in [0.15, 0.2) is 33.1 Å². The minimum atomic E-state index is 0.730. The second-order valence-electron chi connectivity index (χ2n) is 3.63. The Morgan fingerprint density at radius 1 is 0.867 bits per heavy atom. The molecule has 0 aliphatic heterocycles. The van der Waals surface area contributed by atoms with Crippen LogP contribution in [-0.4, -0.2) is 0 Å². The molecule has 2 heterocycles. The fourth-order valence-electron chi connectivity index (χ4n) is 1.47. The lowest BCUT2D eigenvalue weighted by molar-refractivity contribution is 0.433. The summed E-state index contributed by atoms with van der Waals surface area (Å²) in [6.45, 7) is 5.35. The van der Waals surface area contributed by atoms with Crippen LogP contribution in [0.5, 0.6) is 0 Å². The quantitative estimate of drug-likeness (QED) is 0.834. The zero-order valence-electron chi connectivity index (χ0n) is 9.04. The zero-order valence-corrected chi connectivity index (χ0v) is 9.04. The van der Waals surface area contributed by atoms with Gasteiger partial charge in [-0.3, -0.25) is 0 Å². The SMILES string of the molecule is Cc1ccc(CNCc2ccc(C)o2)o1. The molecule has 0 spiro atoms. The first kappa shape index (κ1) is 10.1. The summed E-state index contributed by atoms with van der Waals surface area (Å²) in [5, 5.41) is 3.26. The predicted molar refractivity (Wildman–Crippen MR) is 57.4 cm³/mol. The average Bonchev–Trinajstić information content (AvgIpc) is 2.76. The van der Waals surface area contributed by atoms with Gasteiger partial charge in [0.25, 0.3) is 0 Å². The minimum Gasteiger partial charge on any atom is -0.465 e. The van der Waals surface area contributed by atoms with Gasteiger partial charge < -0.3 is 14.2 Å². The first-order valence-corrected chi connectivity index (χ1v) is 5.05. The van der Waals surface area contributed by atoms with Crippen molar-refractivity contribution in [1.29, 1.82) is 0 Å². The smallest absolute Gasteiger partial charge is 0.117 e. The first-order chi connectivity index (χ1) is 7.24. The largest absolute Gasteiger partial charge is 0.465 e. The molecule has 0 aliphatic rings. The summed E-state index contributed by atoms with van der Waals surface area (Å²) in [6.07, 6.45) is 0. The Bertz CT molecular complexity index is 388. The molecule has 80 valence electrons. The molecule has 0 saturated carbocycles. The van der Waals surface area contributed by atoms with Gasteiger partial charge in [0.1, 0.15) is 23.0 Å². The lowest BCUT2D eigenvalue weighted by Gasteiger charge is -1.99. The van der Waals surface area contributed by atoms with E-state index in [4.69, 9.17) is 8.83 Å². The van der Waals surface area contributed by atoms with Gasteiger partial charge in [0, 0.05) is 0 Å². The molecule has 0 fully saturated rings. The fraction of sp³-hybridized carbons (Fsp3) is 0.333. The van der Waals surface area contributed by atoms with Crippen LogP contribution in [-0.2, 0) is 13.1 Å². The van der Waals surface area contributed by atoms with Crippen molar-refractivity contribution in [3.05, 3.63) is 47.3 Å². The van der Waals surface area contributed by atoms with Crippen molar-refractivity contribution in [3.8, 4) is 0 Å². The Balaban J connectivity index is 1.80. The zero-order chi connectivity index (χ0) is 10.7. The number of aryl methyl sites for hydroxylation is 2. The molecule has 15 heavy (non-hydrogen) atoms. The Morgan fingerprint density at radius 2 is 1.33 bits per heavy atom. The summed E-state index contributed by atoms with van der Waals surface area (Å²) in [4.78, 5) is 0. The van der Waals surface area contributed by atoms with Gasteiger partial charge in [-0.25, -0.2) is 0 Å². The second-order valence-corrected chi connectivity index (χ2v) is 3.63. The van der Waals surface area contributed by atoms with Gasteiger partial charge in [0.05, 0.1) is 13.1 Å². The molecule has 0 aliphatic carbocycles. The van der Waals surface area contributed by atoms with Crippen molar-refractivity contribution >= 4 is 0 Å². The van der Waals surface area contributed by atoms with E-state index in [2.05, 4.69) is 5.32 Å². The van der Waals surface area contributed by atoms with E-state index in [0.717, 1.165) is 36.1 Å². The van der Waals surface area contributed by atoms with Crippen LogP contribution in [0.1, 0.15) is 23.0 Å². The van der Waals surface area contributed by atoms with Crippen molar-refractivity contribution in [3.63, 3.8) is 0 Å². The van der Waals surface area contributed by atoms with Crippen LogP contribution in [0.2, 0.25) is 0 Å². The van der Waals surface area contributed by atoms with Crippen LogP contribution in [0, 0.1) is 13.8 Å². The summed E-state index contributed by atoms with van der Waals surface area (Å²) in [7, 11) is 0. The average molecular weight is 205 g/mol. The number of hydrogen-bond acceptors (Lipinski definition) is 3. The van der Waals surface area contributed by atoms with E-state index >= 15 is 0 Å². The highest BCUT2D eigenvalue weighted by Crippen LogP contribution is 2.08. The van der Waals surface area contributed by atoms with Gasteiger partial charge in [0.2, 0.25) is 0 Å². The Hall–Kier alpha value is -1.48. The Kier molecular flexibility index (Phi) is 2.92. The minimum absolute atomic E-state index is 0.730. The third-order valence-electron chi connectivity index (χ3n) is 2.19. The van der Waals surface area contributed by atoms with Crippen LogP contribution in [0.25, 0.3) is 0 Å². The van der Waals surface area contributed by atoms with Gasteiger partial charge in [-0.05, 0) is 38.1 Å². The summed E-state index contributed by atoms with van der Waals surface area (Å²) < 4.78 is 10.9. The third kappa shape index (κ3) is 2.73. The number of nitrogens with one attached hydrogen (secondary N) is 1. The molecule has 0 radical (unpaired) electrons.